The third kappa shape index (κ3) is 3.61. The van der Waals surface area contributed by atoms with Crippen LogP contribution in [0, 0.1) is 6.92 Å². The van der Waals surface area contributed by atoms with E-state index in [2.05, 4.69) is 5.32 Å². The normalized spacial score (nSPS) is 11.1. The number of carboxylic acid groups (broad SMARTS) is 1. The summed E-state index contributed by atoms with van der Waals surface area (Å²) in [6.45, 7) is 1.86. The van der Waals surface area contributed by atoms with Crippen molar-refractivity contribution in [2.24, 2.45) is 0 Å². The van der Waals surface area contributed by atoms with E-state index in [9.17, 15) is 13.2 Å². The summed E-state index contributed by atoms with van der Waals surface area (Å²) >= 11 is 0. The zero-order valence-corrected chi connectivity index (χ0v) is 12.4. The highest BCUT2D eigenvalue weighted by molar-refractivity contribution is 7.90. The number of carbonyl (C=O) groups is 1. The maximum atomic E-state index is 11.4. The van der Waals surface area contributed by atoms with Gasteiger partial charge in [0, 0.05) is 11.9 Å². The summed E-state index contributed by atoms with van der Waals surface area (Å²) in [7, 11) is -3.24. The molecular formula is C15H15NO4S. The molecule has 2 aromatic rings. The van der Waals surface area contributed by atoms with Crippen molar-refractivity contribution in [3.8, 4) is 0 Å². The van der Waals surface area contributed by atoms with Crippen LogP contribution < -0.4 is 5.32 Å². The summed E-state index contributed by atoms with van der Waals surface area (Å²) in [5.41, 5.74) is 2.17. The van der Waals surface area contributed by atoms with Crippen LogP contribution in [-0.2, 0) is 9.84 Å². The van der Waals surface area contributed by atoms with E-state index in [1.54, 1.807) is 24.3 Å². The van der Waals surface area contributed by atoms with Crippen LogP contribution in [0.3, 0.4) is 0 Å². The molecule has 5 nitrogen and oxygen atoms in total. The highest BCUT2D eigenvalue weighted by Crippen LogP contribution is 2.23. The molecule has 0 unspecified atom stereocenters. The van der Waals surface area contributed by atoms with Gasteiger partial charge in [0.25, 0.3) is 0 Å². The van der Waals surface area contributed by atoms with Crippen LogP contribution in [0.15, 0.2) is 47.4 Å². The Balaban J connectivity index is 2.34. The Morgan fingerprint density at radius 2 is 1.71 bits per heavy atom. The van der Waals surface area contributed by atoms with Gasteiger partial charge in [-0.25, -0.2) is 13.2 Å². The second-order valence-corrected chi connectivity index (χ2v) is 6.79. The topological polar surface area (TPSA) is 83.5 Å². The molecule has 0 saturated carbocycles. The number of aryl methyl sites for hydroxylation is 1. The predicted octanol–water partition coefficient (Wildman–Crippen LogP) is 2.84. The molecule has 21 heavy (non-hydrogen) atoms. The van der Waals surface area contributed by atoms with Crippen molar-refractivity contribution in [1.82, 2.24) is 0 Å². The molecule has 0 amide bonds. The van der Waals surface area contributed by atoms with Gasteiger partial charge in [0.1, 0.15) is 0 Å². The molecule has 0 aliphatic carbocycles. The summed E-state index contributed by atoms with van der Waals surface area (Å²) in [4.78, 5) is 11.4. The quantitative estimate of drug-likeness (QED) is 0.907. The van der Waals surface area contributed by atoms with E-state index in [1.807, 2.05) is 6.92 Å². The van der Waals surface area contributed by atoms with Crippen LogP contribution in [0.1, 0.15) is 15.9 Å². The third-order valence-corrected chi connectivity index (χ3v) is 4.10. The predicted molar refractivity (Wildman–Crippen MR) is 81.0 cm³/mol. The molecule has 2 rings (SSSR count). The van der Waals surface area contributed by atoms with Crippen molar-refractivity contribution in [3.63, 3.8) is 0 Å². The average Bonchev–Trinajstić information content (AvgIpc) is 2.38. The number of hydrogen-bond donors (Lipinski definition) is 2. The number of benzene rings is 2. The van der Waals surface area contributed by atoms with E-state index in [0.717, 1.165) is 11.8 Å². The Morgan fingerprint density at radius 1 is 1.10 bits per heavy atom. The SMILES string of the molecule is Cc1ccc(C(=O)O)c(Nc2ccc(S(C)(=O)=O)cc2)c1. The summed E-state index contributed by atoms with van der Waals surface area (Å²) in [5.74, 6) is -1.02. The fourth-order valence-corrected chi connectivity index (χ4v) is 2.52. The van der Waals surface area contributed by atoms with Gasteiger partial charge in [0.05, 0.1) is 16.1 Å². The van der Waals surface area contributed by atoms with E-state index in [4.69, 9.17) is 5.11 Å². The van der Waals surface area contributed by atoms with Crippen LogP contribution in [-0.4, -0.2) is 25.7 Å². The molecule has 0 aliphatic heterocycles. The molecule has 2 aromatic carbocycles. The highest BCUT2D eigenvalue weighted by atomic mass is 32.2. The monoisotopic (exact) mass is 305 g/mol. The fraction of sp³-hybridized carbons (Fsp3) is 0.133. The van der Waals surface area contributed by atoms with E-state index >= 15 is 0 Å². The molecule has 0 bridgehead atoms. The molecule has 6 heteroatoms. The average molecular weight is 305 g/mol. The van der Waals surface area contributed by atoms with E-state index < -0.39 is 15.8 Å². The second kappa shape index (κ2) is 5.57. The Morgan fingerprint density at radius 3 is 2.24 bits per heavy atom. The largest absolute Gasteiger partial charge is 0.478 e. The van der Waals surface area contributed by atoms with Crippen molar-refractivity contribution in [2.45, 2.75) is 11.8 Å². The summed E-state index contributed by atoms with van der Waals surface area (Å²) in [6.07, 6.45) is 1.14. The minimum absolute atomic E-state index is 0.160. The Hall–Kier alpha value is -2.34. The van der Waals surface area contributed by atoms with E-state index in [0.29, 0.717) is 11.4 Å². The second-order valence-electron chi connectivity index (χ2n) is 4.78. The van der Waals surface area contributed by atoms with Crippen LogP contribution in [0.25, 0.3) is 0 Å². The van der Waals surface area contributed by atoms with E-state index in [-0.39, 0.29) is 10.5 Å². The molecular weight excluding hydrogens is 290 g/mol. The fourth-order valence-electron chi connectivity index (χ4n) is 1.89. The van der Waals surface area contributed by atoms with Crippen LogP contribution in [0.5, 0.6) is 0 Å². The van der Waals surface area contributed by atoms with E-state index in [1.165, 1.54) is 18.2 Å². The van der Waals surface area contributed by atoms with Crippen LogP contribution >= 0.6 is 0 Å². The van der Waals surface area contributed by atoms with Gasteiger partial charge in [0.15, 0.2) is 9.84 Å². The lowest BCUT2D eigenvalue weighted by atomic mass is 10.1. The molecule has 0 fully saturated rings. The van der Waals surface area contributed by atoms with Gasteiger partial charge in [-0.1, -0.05) is 6.07 Å². The van der Waals surface area contributed by atoms with Crippen LogP contribution in [0.2, 0.25) is 0 Å². The lowest BCUT2D eigenvalue weighted by molar-refractivity contribution is 0.0698. The third-order valence-electron chi connectivity index (χ3n) is 2.97. The first-order valence-electron chi connectivity index (χ1n) is 6.18. The van der Waals surface area contributed by atoms with Gasteiger partial charge < -0.3 is 10.4 Å². The number of aromatic carboxylic acids is 1. The van der Waals surface area contributed by atoms with Crippen molar-refractivity contribution in [1.29, 1.82) is 0 Å². The molecule has 110 valence electrons. The highest BCUT2D eigenvalue weighted by Gasteiger charge is 2.11. The first-order chi connectivity index (χ1) is 9.77. The Labute approximate surface area is 123 Å². The lowest BCUT2D eigenvalue weighted by Gasteiger charge is -2.11. The molecule has 0 saturated heterocycles. The van der Waals surface area contributed by atoms with Gasteiger partial charge in [-0.15, -0.1) is 0 Å². The summed E-state index contributed by atoms with van der Waals surface area (Å²) < 4.78 is 22.8. The minimum Gasteiger partial charge on any atom is -0.478 e. The number of sulfone groups is 1. The van der Waals surface area contributed by atoms with Crippen molar-refractivity contribution < 1.29 is 18.3 Å². The summed E-state index contributed by atoms with van der Waals surface area (Å²) in [6, 6.07) is 11.1. The smallest absolute Gasteiger partial charge is 0.337 e. The zero-order valence-electron chi connectivity index (χ0n) is 11.6. The minimum atomic E-state index is -3.24. The molecule has 0 aromatic heterocycles. The molecule has 0 heterocycles. The Bertz CT molecular complexity index is 780. The number of hydrogen-bond acceptors (Lipinski definition) is 4. The van der Waals surface area contributed by atoms with Crippen molar-refractivity contribution in [3.05, 3.63) is 53.6 Å². The van der Waals surface area contributed by atoms with Gasteiger partial charge >= 0.3 is 5.97 Å². The first kappa shape index (κ1) is 15.1. The molecule has 0 radical (unpaired) electrons. The lowest BCUT2D eigenvalue weighted by Crippen LogP contribution is -2.03. The number of rotatable bonds is 4. The molecule has 0 aliphatic rings. The molecule has 0 atom stereocenters. The van der Waals surface area contributed by atoms with Gasteiger partial charge in [-0.3, -0.25) is 0 Å². The zero-order chi connectivity index (χ0) is 15.6. The maximum absolute atomic E-state index is 11.4. The van der Waals surface area contributed by atoms with Crippen LogP contribution in [0.4, 0.5) is 11.4 Å². The van der Waals surface area contributed by atoms with Gasteiger partial charge in [-0.2, -0.15) is 0 Å². The van der Waals surface area contributed by atoms with Crippen molar-refractivity contribution >= 4 is 27.2 Å². The van der Waals surface area contributed by atoms with Gasteiger partial charge in [-0.05, 0) is 48.9 Å². The molecule has 2 N–H and O–H groups in total. The summed E-state index contributed by atoms with van der Waals surface area (Å²) in [5, 5.41) is 12.2. The Kier molecular flexibility index (Phi) is 3.99. The molecule has 0 spiro atoms. The first-order valence-corrected chi connectivity index (χ1v) is 8.07. The van der Waals surface area contributed by atoms with Gasteiger partial charge in [0.2, 0.25) is 0 Å². The number of carboxylic acids is 1. The standard InChI is InChI=1S/C15H15NO4S/c1-10-3-8-13(15(17)18)14(9-10)16-11-4-6-12(7-5-11)21(2,19)20/h3-9,16H,1-2H3,(H,17,18). The number of anilines is 2. The maximum Gasteiger partial charge on any atom is 0.337 e. The number of nitrogens with one attached hydrogen (secondary N) is 1. The van der Waals surface area contributed by atoms with Crippen molar-refractivity contribution in [2.75, 3.05) is 11.6 Å².